The summed E-state index contributed by atoms with van der Waals surface area (Å²) in [5, 5.41) is 2.66. The van der Waals surface area contributed by atoms with E-state index in [1.807, 2.05) is 24.9 Å². The number of hydrogen-bond acceptors (Lipinski definition) is 4. The molecule has 6 heteroatoms. The third kappa shape index (κ3) is 4.44. The third-order valence-corrected chi connectivity index (χ3v) is 3.39. The summed E-state index contributed by atoms with van der Waals surface area (Å²) in [4.78, 5) is 22.6. The van der Waals surface area contributed by atoms with Gasteiger partial charge < -0.3 is 10.2 Å². The molecule has 0 saturated carbocycles. The van der Waals surface area contributed by atoms with Crippen molar-refractivity contribution in [1.82, 2.24) is 15.3 Å². The van der Waals surface area contributed by atoms with E-state index in [9.17, 15) is 4.79 Å². The highest BCUT2D eigenvalue weighted by atomic mass is 79.9. The van der Waals surface area contributed by atoms with E-state index in [4.69, 9.17) is 0 Å². The zero-order chi connectivity index (χ0) is 15.5. The number of amides is 1. The van der Waals surface area contributed by atoms with Gasteiger partial charge in [-0.3, -0.25) is 4.79 Å². The lowest BCUT2D eigenvalue weighted by molar-refractivity contribution is -0.123. The Bertz CT molecular complexity index is 485. The molecule has 0 aliphatic rings. The molecule has 20 heavy (non-hydrogen) atoms. The fraction of sp³-hybridized carbons (Fsp3) is 0.643. The number of carbonyl (C=O) groups is 1. The Morgan fingerprint density at radius 3 is 2.55 bits per heavy atom. The van der Waals surface area contributed by atoms with Crippen molar-refractivity contribution in [2.75, 3.05) is 25.5 Å². The van der Waals surface area contributed by atoms with Gasteiger partial charge in [0, 0.05) is 32.1 Å². The molecule has 0 aromatic carbocycles. The van der Waals surface area contributed by atoms with Crippen LogP contribution in [0.3, 0.4) is 0 Å². The van der Waals surface area contributed by atoms with Gasteiger partial charge >= 0.3 is 0 Å². The minimum atomic E-state index is -0.119. The second-order valence-corrected chi connectivity index (χ2v) is 6.83. The van der Waals surface area contributed by atoms with Gasteiger partial charge in [0.05, 0.1) is 5.92 Å². The average Bonchev–Trinajstić information content (AvgIpc) is 2.35. The summed E-state index contributed by atoms with van der Waals surface area (Å²) < 4.78 is 0.756. The summed E-state index contributed by atoms with van der Waals surface area (Å²) in [6.45, 7) is 8.73. The van der Waals surface area contributed by atoms with E-state index in [-0.39, 0.29) is 17.2 Å². The zero-order valence-corrected chi connectivity index (χ0v) is 14.6. The van der Waals surface area contributed by atoms with Crippen LogP contribution < -0.4 is 10.2 Å². The first-order valence-electron chi connectivity index (χ1n) is 6.63. The number of carbonyl (C=O) groups excluding carboxylic acids is 1. The molecule has 0 radical (unpaired) electrons. The third-order valence-electron chi connectivity index (χ3n) is 2.98. The first kappa shape index (κ1) is 16.9. The summed E-state index contributed by atoms with van der Waals surface area (Å²) in [7, 11) is 3.58. The average molecular weight is 343 g/mol. The summed E-state index contributed by atoms with van der Waals surface area (Å²) in [5.41, 5.74) is -0.119. The Labute approximate surface area is 129 Å². The van der Waals surface area contributed by atoms with E-state index in [2.05, 4.69) is 52.0 Å². The Morgan fingerprint density at radius 2 is 2.05 bits per heavy atom. The summed E-state index contributed by atoms with van der Waals surface area (Å²) in [6.07, 6.45) is 0. The van der Waals surface area contributed by atoms with Crippen LogP contribution >= 0.6 is 15.9 Å². The first-order chi connectivity index (χ1) is 9.15. The molecule has 1 aromatic rings. The van der Waals surface area contributed by atoms with Crippen molar-refractivity contribution in [3.05, 3.63) is 16.5 Å². The number of hydrogen-bond donors (Lipinski definition) is 1. The lowest BCUT2D eigenvalue weighted by atomic mass is 9.96. The van der Waals surface area contributed by atoms with E-state index in [1.165, 1.54) is 0 Å². The van der Waals surface area contributed by atoms with Crippen LogP contribution in [0.2, 0.25) is 0 Å². The fourth-order valence-electron chi connectivity index (χ4n) is 1.77. The standard InChI is InChI=1S/C14H23BrN4O/c1-9(12(20)16-5)8-19(6)11-7-10(15)17-13(18-11)14(2,3)4/h7,9H,8H2,1-6H3,(H,16,20). The van der Waals surface area contributed by atoms with Gasteiger partial charge in [-0.25, -0.2) is 9.97 Å². The van der Waals surface area contributed by atoms with E-state index >= 15 is 0 Å². The van der Waals surface area contributed by atoms with Crippen LogP contribution in [0.5, 0.6) is 0 Å². The molecule has 5 nitrogen and oxygen atoms in total. The van der Waals surface area contributed by atoms with Gasteiger partial charge in [-0.2, -0.15) is 0 Å². The lowest BCUT2D eigenvalue weighted by Crippen LogP contribution is -2.35. The van der Waals surface area contributed by atoms with Crippen molar-refractivity contribution in [2.24, 2.45) is 5.92 Å². The second kappa shape index (κ2) is 6.52. The van der Waals surface area contributed by atoms with Crippen molar-refractivity contribution in [3.63, 3.8) is 0 Å². The van der Waals surface area contributed by atoms with Crippen LogP contribution in [0.4, 0.5) is 5.82 Å². The minimum Gasteiger partial charge on any atom is -0.359 e. The van der Waals surface area contributed by atoms with Gasteiger partial charge in [0.25, 0.3) is 0 Å². The van der Waals surface area contributed by atoms with Crippen molar-refractivity contribution in [1.29, 1.82) is 0 Å². The zero-order valence-electron chi connectivity index (χ0n) is 13.0. The van der Waals surface area contributed by atoms with E-state index in [1.54, 1.807) is 7.05 Å². The van der Waals surface area contributed by atoms with Gasteiger partial charge in [0.15, 0.2) is 0 Å². The van der Waals surface area contributed by atoms with Gasteiger partial charge in [-0.05, 0) is 15.9 Å². The lowest BCUT2D eigenvalue weighted by Gasteiger charge is -2.24. The smallest absolute Gasteiger partial charge is 0.224 e. The molecular weight excluding hydrogens is 320 g/mol. The molecule has 1 rings (SSSR count). The number of anilines is 1. The summed E-state index contributed by atoms with van der Waals surface area (Å²) in [6, 6.07) is 1.87. The number of nitrogens with zero attached hydrogens (tertiary/aromatic N) is 3. The van der Waals surface area contributed by atoms with Crippen LogP contribution in [0, 0.1) is 5.92 Å². The second-order valence-electron chi connectivity index (χ2n) is 6.02. The maximum atomic E-state index is 11.6. The Morgan fingerprint density at radius 1 is 1.45 bits per heavy atom. The fourth-order valence-corrected chi connectivity index (χ4v) is 2.14. The molecule has 0 bridgehead atoms. The quantitative estimate of drug-likeness (QED) is 0.853. The maximum Gasteiger partial charge on any atom is 0.224 e. The Hall–Kier alpha value is -1.17. The van der Waals surface area contributed by atoms with Crippen LogP contribution in [-0.2, 0) is 10.2 Å². The number of halogens is 1. The molecule has 1 N–H and O–H groups in total. The maximum absolute atomic E-state index is 11.6. The molecular formula is C14H23BrN4O. The first-order valence-corrected chi connectivity index (χ1v) is 7.42. The molecule has 0 aliphatic heterocycles. The van der Waals surface area contributed by atoms with Crippen LogP contribution in [0.25, 0.3) is 0 Å². The molecule has 1 aromatic heterocycles. The molecule has 1 heterocycles. The number of aromatic nitrogens is 2. The van der Waals surface area contributed by atoms with Gasteiger partial charge in [-0.1, -0.05) is 27.7 Å². The SMILES string of the molecule is CNC(=O)C(C)CN(C)c1cc(Br)nc(C(C)(C)C)n1. The minimum absolute atomic E-state index is 0.0287. The molecule has 1 unspecified atom stereocenters. The van der Waals surface area contributed by atoms with Crippen LogP contribution in [-0.4, -0.2) is 36.5 Å². The normalized spacial score (nSPS) is 12.9. The largest absolute Gasteiger partial charge is 0.359 e. The summed E-state index contributed by atoms with van der Waals surface area (Å²) >= 11 is 3.43. The highest BCUT2D eigenvalue weighted by Crippen LogP contribution is 2.24. The van der Waals surface area contributed by atoms with Crippen molar-refractivity contribution < 1.29 is 4.79 Å². The highest BCUT2D eigenvalue weighted by molar-refractivity contribution is 9.10. The molecule has 112 valence electrons. The molecule has 1 amide bonds. The van der Waals surface area contributed by atoms with E-state index in [0.717, 1.165) is 16.2 Å². The predicted octanol–water partition coefficient (Wildman–Crippen LogP) is 2.35. The number of nitrogens with one attached hydrogen (secondary N) is 1. The van der Waals surface area contributed by atoms with Crippen LogP contribution in [0.15, 0.2) is 10.7 Å². The van der Waals surface area contributed by atoms with Gasteiger partial charge in [0.1, 0.15) is 16.2 Å². The molecule has 0 spiro atoms. The van der Waals surface area contributed by atoms with Gasteiger partial charge in [0.2, 0.25) is 5.91 Å². The Kier molecular flexibility index (Phi) is 5.50. The topological polar surface area (TPSA) is 58.1 Å². The highest BCUT2D eigenvalue weighted by Gasteiger charge is 2.21. The molecule has 1 atom stereocenters. The Balaban J connectivity index is 2.96. The van der Waals surface area contributed by atoms with E-state index in [0.29, 0.717) is 6.54 Å². The monoisotopic (exact) mass is 342 g/mol. The van der Waals surface area contributed by atoms with Crippen molar-refractivity contribution in [2.45, 2.75) is 33.1 Å². The van der Waals surface area contributed by atoms with Crippen molar-refractivity contribution >= 4 is 27.7 Å². The van der Waals surface area contributed by atoms with E-state index < -0.39 is 0 Å². The molecule has 0 saturated heterocycles. The summed E-state index contributed by atoms with van der Waals surface area (Å²) in [5.74, 6) is 1.52. The molecule has 0 fully saturated rings. The molecule has 0 aliphatic carbocycles. The predicted molar refractivity (Wildman–Crippen MR) is 84.9 cm³/mol. The van der Waals surface area contributed by atoms with Crippen molar-refractivity contribution in [3.8, 4) is 0 Å². The van der Waals surface area contributed by atoms with Gasteiger partial charge in [-0.15, -0.1) is 0 Å². The van der Waals surface area contributed by atoms with Crippen LogP contribution in [0.1, 0.15) is 33.5 Å². The number of rotatable bonds is 4.